The van der Waals surface area contributed by atoms with Crippen molar-refractivity contribution < 1.29 is 52.7 Å². The van der Waals surface area contributed by atoms with Crippen LogP contribution in [0.5, 0.6) is 11.5 Å². The first-order valence-corrected chi connectivity index (χ1v) is 18.9. The van der Waals surface area contributed by atoms with E-state index in [-0.39, 0.29) is 71.1 Å². The van der Waals surface area contributed by atoms with Gasteiger partial charge in [0.25, 0.3) is 0 Å². The molecule has 1 aromatic carbocycles. The lowest BCUT2D eigenvalue weighted by Crippen LogP contribution is -2.65. The maximum atomic E-state index is 14.1. The standard InChI is InChI=1S/C39H55N3O11/c1-36(2,3)51-32(44)29-26(48-21-17-41(18-21)20-14-25(31(40)43)42(16-20)34(45)46)11-10-22(30(29)50-35(47)53-37(4,5)6)23-15-24(23)33-49-28-13-19-12-27(38(19,7)8)39(28,9)52-33/h10-11,19-21,23-25,27-28,33H,12-18H2,1-9H3,(H2,40,43)(H,45,46)/t19-,20-,23?,24?,25-,27-,28?,33?,39-/m0/s1. The molecule has 7 fully saturated rings. The second-order valence-electron chi connectivity index (χ2n) is 18.7. The molecule has 3 aliphatic heterocycles. The van der Waals surface area contributed by atoms with Crippen molar-refractivity contribution in [3.8, 4) is 11.5 Å². The number of ether oxygens (including phenoxy) is 6. The molecule has 292 valence electrons. The second-order valence-corrected chi connectivity index (χ2v) is 18.7. The molecule has 1 aromatic rings. The molecule has 8 rings (SSSR count). The highest BCUT2D eigenvalue weighted by Gasteiger charge is 2.69. The van der Waals surface area contributed by atoms with Crippen LogP contribution in [-0.4, -0.2) is 106 Å². The molecule has 4 aliphatic carbocycles. The van der Waals surface area contributed by atoms with Gasteiger partial charge in [0.15, 0.2) is 12.0 Å². The summed E-state index contributed by atoms with van der Waals surface area (Å²) in [5.41, 5.74) is 4.22. The Bertz CT molecular complexity index is 1650. The Balaban J connectivity index is 1.15. The average Bonchev–Trinajstić information content (AvgIpc) is 3.50. The highest BCUT2D eigenvalue weighted by Crippen LogP contribution is 2.68. The Morgan fingerprint density at radius 1 is 0.925 bits per heavy atom. The molecule has 4 saturated carbocycles. The Kier molecular flexibility index (Phi) is 9.05. The van der Waals surface area contributed by atoms with Gasteiger partial charge in [0.05, 0.1) is 11.7 Å². The number of esters is 1. The van der Waals surface area contributed by atoms with Crippen molar-refractivity contribution in [3.05, 3.63) is 23.3 Å². The minimum Gasteiger partial charge on any atom is -0.487 e. The summed E-state index contributed by atoms with van der Waals surface area (Å²) in [7, 11) is 0. The number of amides is 2. The predicted molar refractivity (Wildman–Crippen MR) is 190 cm³/mol. The molecule has 14 nitrogen and oxygen atoms in total. The summed E-state index contributed by atoms with van der Waals surface area (Å²) in [5, 5.41) is 9.59. The fourth-order valence-electron chi connectivity index (χ4n) is 9.49. The van der Waals surface area contributed by atoms with Crippen molar-refractivity contribution in [1.29, 1.82) is 0 Å². The first kappa shape index (κ1) is 37.7. The quantitative estimate of drug-likeness (QED) is 0.260. The van der Waals surface area contributed by atoms with Gasteiger partial charge in [-0.25, -0.2) is 14.4 Å². The molecule has 53 heavy (non-hydrogen) atoms. The minimum absolute atomic E-state index is 0.0156. The van der Waals surface area contributed by atoms with Crippen molar-refractivity contribution in [2.75, 3.05) is 19.6 Å². The number of nitrogens with zero attached hydrogens (tertiary/aromatic N) is 2. The molecule has 14 heteroatoms. The van der Waals surface area contributed by atoms with Gasteiger partial charge in [0.2, 0.25) is 5.91 Å². The van der Waals surface area contributed by atoms with Gasteiger partial charge in [-0.15, -0.1) is 0 Å². The number of hydrogen-bond donors (Lipinski definition) is 2. The van der Waals surface area contributed by atoms with E-state index in [2.05, 4.69) is 20.8 Å². The van der Waals surface area contributed by atoms with Crippen LogP contribution in [0, 0.1) is 23.2 Å². The van der Waals surface area contributed by atoms with Crippen molar-refractivity contribution in [2.24, 2.45) is 28.9 Å². The second kappa shape index (κ2) is 12.7. The van der Waals surface area contributed by atoms with Crippen LogP contribution in [-0.2, 0) is 23.7 Å². The number of carboxylic acid groups (broad SMARTS) is 1. The smallest absolute Gasteiger partial charge is 0.487 e. The number of hydrogen-bond acceptors (Lipinski definition) is 11. The number of benzene rings is 1. The zero-order valence-electron chi connectivity index (χ0n) is 32.3. The molecule has 3 saturated heterocycles. The Labute approximate surface area is 310 Å². The number of carbonyl (C=O) groups excluding carboxylic acids is 3. The van der Waals surface area contributed by atoms with Gasteiger partial charge in [-0.05, 0) is 109 Å². The summed E-state index contributed by atoms with van der Waals surface area (Å²) in [5.74, 6) is -0.295. The van der Waals surface area contributed by atoms with Crippen molar-refractivity contribution in [3.63, 3.8) is 0 Å². The molecule has 0 radical (unpaired) electrons. The number of carbonyl (C=O) groups is 4. The van der Waals surface area contributed by atoms with E-state index < -0.39 is 47.7 Å². The van der Waals surface area contributed by atoms with E-state index in [9.17, 15) is 24.3 Å². The zero-order chi connectivity index (χ0) is 38.6. The summed E-state index contributed by atoms with van der Waals surface area (Å²) in [4.78, 5) is 54.2. The fraction of sp³-hybridized carbons (Fsp3) is 0.744. The molecule has 2 amide bonds. The Hall–Kier alpha value is -3.62. The van der Waals surface area contributed by atoms with Gasteiger partial charge in [0.1, 0.15) is 34.7 Å². The molecular weight excluding hydrogens is 686 g/mol. The van der Waals surface area contributed by atoms with Crippen LogP contribution >= 0.6 is 0 Å². The van der Waals surface area contributed by atoms with Gasteiger partial charge in [-0.1, -0.05) is 19.9 Å². The van der Waals surface area contributed by atoms with Crippen LogP contribution in [0.25, 0.3) is 0 Å². The summed E-state index contributed by atoms with van der Waals surface area (Å²) in [6.45, 7) is 18.3. The highest BCUT2D eigenvalue weighted by atomic mass is 16.7. The molecule has 9 atom stereocenters. The lowest BCUT2D eigenvalue weighted by atomic mass is 9.43. The third-order valence-electron chi connectivity index (χ3n) is 12.4. The third kappa shape index (κ3) is 6.95. The van der Waals surface area contributed by atoms with Crippen LogP contribution < -0.4 is 15.2 Å². The SMILES string of the molecule is CC(C)(C)OC(=O)Oc1c(C2CC2C2OC3C[C@@H]4C[C@@H](C4(C)C)[C@]3(C)O2)ccc(OC2CN([C@H]3C[C@@H](C(N)=O)N(C(=O)O)C3)C2)c1C(=O)OC(C)(C)C. The molecule has 0 aromatic heterocycles. The fourth-order valence-corrected chi connectivity index (χ4v) is 9.49. The third-order valence-corrected chi connectivity index (χ3v) is 12.4. The topological polar surface area (TPSA) is 176 Å². The van der Waals surface area contributed by atoms with Gasteiger partial charge in [-0.2, -0.15) is 0 Å². The number of likely N-dealkylation sites (tertiary alicyclic amines) is 2. The largest absolute Gasteiger partial charge is 0.514 e. The molecule has 0 spiro atoms. The van der Waals surface area contributed by atoms with E-state index in [0.29, 0.717) is 36.9 Å². The predicted octanol–water partition coefficient (Wildman–Crippen LogP) is 5.29. The lowest BCUT2D eigenvalue weighted by molar-refractivity contribution is -0.210. The first-order chi connectivity index (χ1) is 24.6. The zero-order valence-corrected chi connectivity index (χ0v) is 32.3. The average molecular weight is 742 g/mol. The summed E-state index contributed by atoms with van der Waals surface area (Å²) in [6, 6.07) is 2.44. The summed E-state index contributed by atoms with van der Waals surface area (Å²) < 4.78 is 37.2. The van der Waals surface area contributed by atoms with Crippen LogP contribution in [0.15, 0.2) is 12.1 Å². The van der Waals surface area contributed by atoms with E-state index in [1.807, 2.05) is 11.0 Å². The van der Waals surface area contributed by atoms with Crippen molar-refractivity contribution in [1.82, 2.24) is 9.80 Å². The van der Waals surface area contributed by atoms with Gasteiger partial charge in [0, 0.05) is 31.6 Å². The van der Waals surface area contributed by atoms with E-state index in [0.717, 1.165) is 17.7 Å². The summed E-state index contributed by atoms with van der Waals surface area (Å²) in [6.07, 6.45) is 0.176. The van der Waals surface area contributed by atoms with E-state index in [1.165, 1.54) is 0 Å². The Morgan fingerprint density at radius 3 is 2.19 bits per heavy atom. The number of rotatable bonds is 8. The maximum absolute atomic E-state index is 14.1. The van der Waals surface area contributed by atoms with Gasteiger partial charge >= 0.3 is 18.2 Å². The molecule has 7 aliphatic rings. The molecule has 4 unspecified atom stereocenters. The normalized spacial score (nSPS) is 34.7. The highest BCUT2D eigenvalue weighted by molar-refractivity contribution is 5.97. The monoisotopic (exact) mass is 741 g/mol. The van der Waals surface area contributed by atoms with E-state index in [4.69, 9.17) is 34.2 Å². The number of nitrogens with two attached hydrogens (primary N) is 1. The lowest BCUT2D eigenvalue weighted by Gasteiger charge is -2.63. The van der Waals surface area contributed by atoms with Crippen LogP contribution in [0.1, 0.15) is 110 Å². The van der Waals surface area contributed by atoms with E-state index >= 15 is 0 Å². The molecular formula is C39H55N3O11. The Morgan fingerprint density at radius 2 is 1.60 bits per heavy atom. The first-order valence-electron chi connectivity index (χ1n) is 18.9. The van der Waals surface area contributed by atoms with Gasteiger partial charge in [-0.3, -0.25) is 14.6 Å². The molecule has 3 N–H and O–H groups in total. The van der Waals surface area contributed by atoms with Gasteiger partial charge < -0.3 is 39.3 Å². The molecule has 2 bridgehead atoms. The minimum atomic E-state index is -1.19. The number of primary amides is 1. The van der Waals surface area contributed by atoms with Crippen LogP contribution in [0.2, 0.25) is 0 Å². The van der Waals surface area contributed by atoms with Crippen LogP contribution in [0.3, 0.4) is 0 Å². The molecule has 3 heterocycles. The van der Waals surface area contributed by atoms with Crippen molar-refractivity contribution in [2.45, 2.75) is 141 Å². The van der Waals surface area contributed by atoms with Crippen molar-refractivity contribution >= 4 is 24.1 Å². The van der Waals surface area contributed by atoms with E-state index in [1.54, 1.807) is 47.6 Å². The van der Waals surface area contributed by atoms with Crippen LogP contribution in [0.4, 0.5) is 9.59 Å². The summed E-state index contributed by atoms with van der Waals surface area (Å²) >= 11 is 0. The maximum Gasteiger partial charge on any atom is 0.514 e.